The zero-order chi connectivity index (χ0) is 11.6. The van der Waals surface area contributed by atoms with Crippen LogP contribution in [0.5, 0.6) is 5.75 Å². The van der Waals surface area contributed by atoms with Crippen LogP contribution in [0.2, 0.25) is 0 Å². The van der Waals surface area contributed by atoms with E-state index in [0.29, 0.717) is 0 Å². The SMILES string of the molecule is CC(C)(C)Oc1ccccc1-c1ncc[nH]1. The first-order valence-electron chi connectivity index (χ1n) is 5.34. The Balaban J connectivity index is 2.39. The van der Waals surface area contributed by atoms with Crippen LogP contribution in [-0.2, 0) is 0 Å². The fourth-order valence-electron chi connectivity index (χ4n) is 1.49. The number of H-pyrrole nitrogens is 1. The van der Waals surface area contributed by atoms with Gasteiger partial charge in [0.25, 0.3) is 0 Å². The van der Waals surface area contributed by atoms with Gasteiger partial charge in [0.05, 0.1) is 5.56 Å². The zero-order valence-corrected chi connectivity index (χ0v) is 9.82. The Morgan fingerprint density at radius 1 is 1.19 bits per heavy atom. The third-order valence-corrected chi connectivity index (χ3v) is 2.06. The molecule has 0 aliphatic rings. The summed E-state index contributed by atoms with van der Waals surface area (Å²) in [6.45, 7) is 6.10. The number of nitrogens with one attached hydrogen (secondary N) is 1. The lowest BCUT2D eigenvalue weighted by Crippen LogP contribution is -2.23. The van der Waals surface area contributed by atoms with Gasteiger partial charge in [-0.05, 0) is 32.9 Å². The van der Waals surface area contributed by atoms with Crippen molar-refractivity contribution >= 4 is 0 Å². The summed E-state index contributed by atoms with van der Waals surface area (Å²) in [6, 6.07) is 7.91. The molecule has 1 N–H and O–H groups in total. The highest BCUT2D eigenvalue weighted by Crippen LogP contribution is 2.29. The Morgan fingerprint density at radius 3 is 2.56 bits per heavy atom. The minimum absolute atomic E-state index is 0.206. The van der Waals surface area contributed by atoms with Crippen molar-refractivity contribution in [1.82, 2.24) is 9.97 Å². The predicted octanol–water partition coefficient (Wildman–Crippen LogP) is 3.25. The molecule has 2 aromatic rings. The summed E-state index contributed by atoms with van der Waals surface area (Å²) in [5, 5.41) is 0. The predicted molar refractivity (Wildman–Crippen MR) is 64.4 cm³/mol. The van der Waals surface area contributed by atoms with Gasteiger partial charge in [-0.1, -0.05) is 12.1 Å². The number of nitrogens with zero attached hydrogens (tertiary/aromatic N) is 1. The van der Waals surface area contributed by atoms with Gasteiger partial charge < -0.3 is 9.72 Å². The molecule has 0 aliphatic heterocycles. The third kappa shape index (κ3) is 2.42. The molecule has 0 unspecified atom stereocenters. The molecule has 0 saturated heterocycles. The molecule has 1 heterocycles. The van der Waals surface area contributed by atoms with Crippen LogP contribution < -0.4 is 4.74 Å². The molecule has 0 fully saturated rings. The Bertz CT molecular complexity index is 455. The lowest BCUT2D eigenvalue weighted by atomic mass is 10.1. The van der Waals surface area contributed by atoms with E-state index in [-0.39, 0.29) is 5.60 Å². The average Bonchev–Trinajstić information content (AvgIpc) is 2.69. The second-order valence-corrected chi connectivity index (χ2v) is 4.65. The summed E-state index contributed by atoms with van der Waals surface area (Å²) in [5.41, 5.74) is 0.783. The molecular formula is C13H16N2O. The van der Waals surface area contributed by atoms with Gasteiger partial charge in [-0.3, -0.25) is 0 Å². The summed E-state index contributed by atoms with van der Waals surface area (Å²) in [6.07, 6.45) is 3.55. The van der Waals surface area contributed by atoms with Crippen molar-refractivity contribution < 1.29 is 4.74 Å². The topological polar surface area (TPSA) is 37.9 Å². The van der Waals surface area contributed by atoms with Crippen LogP contribution >= 0.6 is 0 Å². The van der Waals surface area contributed by atoms with Crippen LogP contribution in [0.1, 0.15) is 20.8 Å². The minimum atomic E-state index is -0.206. The molecule has 0 radical (unpaired) electrons. The number of benzene rings is 1. The standard InChI is InChI=1S/C13H16N2O/c1-13(2,3)16-11-7-5-4-6-10(11)12-14-8-9-15-12/h4-9H,1-3H3,(H,14,15). The molecule has 0 saturated carbocycles. The Hall–Kier alpha value is -1.77. The molecule has 2 rings (SSSR count). The number of aromatic nitrogens is 2. The maximum atomic E-state index is 5.90. The summed E-state index contributed by atoms with van der Waals surface area (Å²) in [7, 11) is 0. The molecule has 3 heteroatoms. The fourth-order valence-corrected chi connectivity index (χ4v) is 1.49. The number of hydrogen-bond donors (Lipinski definition) is 1. The molecular weight excluding hydrogens is 200 g/mol. The summed E-state index contributed by atoms with van der Waals surface area (Å²) >= 11 is 0. The van der Waals surface area contributed by atoms with Gasteiger partial charge in [0.15, 0.2) is 0 Å². The van der Waals surface area contributed by atoms with Crippen molar-refractivity contribution in [2.75, 3.05) is 0 Å². The van der Waals surface area contributed by atoms with Gasteiger partial charge >= 0.3 is 0 Å². The van der Waals surface area contributed by atoms with Crippen molar-refractivity contribution in [3.8, 4) is 17.1 Å². The van der Waals surface area contributed by atoms with Gasteiger partial charge in [0, 0.05) is 12.4 Å². The summed E-state index contributed by atoms with van der Waals surface area (Å²) in [4.78, 5) is 7.33. The largest absolute Gasteiger partial charge is 0.487 e. The van der Waals surface area contributed by atoms with Crippen molar-refractivity contribution in [3.63, 3.8) is 0 Å². The van der Waals surface area contributed by atoms with Crippen molar-refractivity contribution in [2.24, 2.45) is 0 Å². The average molecular weight is 216 g/mol. The van der Waals surface area contributed by atoms with Crippen LogP contribution in [0.4, 0.5) is 0 Å². The maximum Gasteiger partial charge on any atom is 0.141 e. The molecule has 1 aromatic heterocycles. The number of rotatable bonds is 2. The highest BCUT2D eigenvalue weighted by Gasteiger charge is 2.15. The van der Waals surface area contributed by atoms with Crippen LogP contribution in [0.25, 0.3) is 11.4 Å². The monoisotopic (exact) mass is 216 g/mol. The van der Waals surface area contributed by atoms with E-state index in [1.54, 1.807) is 6.20 Å². The molecule has 1 aromatic carbocycles. The lowest BCUT2D eigenvalue weighted by molar-refractivity contribution is 0.131. The van der Waals surface area contributed by atoms with Gasteiger partial charge in [0.2, 0.25) is 0 Å². The first-order valence-corrected chi connectivity index (χ1v) is 5.34. The van der Waals surface area contributed by atoms with E-state index in [2.05, 4.69) is 9.97 Å². The van der Waals surface area contributed by atoms with E-state index >= 15 is 0 Å². The molecule has 84 valence electrons. The van der Waals surface area contributed by atoms with Crippen molar-refractivity contribution in [1.29, 1.82) is 0 Å². The highest BCUT2D eigenvalue weighted by atomic mass is 16.5. The molecule has 3 nitrogen and oxygen atoms in total. The Labute approximate surface area is 95.5 Å². The smallest absolute Gasteiger partial charge is 0.141 e. The third-order valence-electron chi connectivity index (χ3n) is 2.06. The molecule has 0 aliphatic carbocycles. The van der Waals surface area contributed by atoms with E-state index in [9.17, 15) is 0 Å². The highest BCUT2D eigenvalue weighted by molar-refractivity contribution is 5.63. The van der Waals surface area contributed by atoms with Crippen molar-refractivity contribution in [2.45, 2.75) is 26.4 Å². The number of ether oxygens (including phenoxy) is 1. The van der Waals surface area contributed by atoms with Crippen molar-refractivity contribution in [3.05, 3.63) is 36.7 Å². The van der Waals surface area contributed by atoms with E-state index in [1.165, 1.54) is 0 Å². The first kappa shape index (κ1) is 10.7. The second kappa shape index (κ2) is 4.00. The molecule has 16 heavy (non-hydrogen) atoms. The Morgan fingerprint density at radius 2 is 1.94 bits per heavy atom. The van der Waals surface area contributed by atoms with E-state index in [1.807, 2.05) is 51.2 Å². The van der Waals surface area contributed by atoms with Gasteiger partial charge in [0.1, 0.15) is 17.2 Å². The molecule has 0 atom stereocenters. The van der Waals surface area contributed by atoms with Gasteiger partial charge in [-0.2, -0.15) is 0 Å². The van der Waals surface area contributed by atoms with E-state index < -0.39 is 0 Å². The zero-order valence-electron chi connectivity index (χ0n) is 9.82. The normalized spacial score (nSPS) is 11.4. The number of hydrogen-bond acceptors (Lipinski definition) is 2. The van der Waals surface area contributed by atoms with Crippen LogP contribution in [0.3, 0.4) is 0 Å². The minimum Gasteiger partial charge on any atom is -0.487 e. The summed E-state index contributed by atoms with van der Waals surface area (Å²) in [5.74, 6) is 1.69. The number of imidazole rings is 1. The quantitative estimate of drug-likeness (QED) is 0.836. The summed E-state index contributed by atoms with van der Waals surface area (Å²) < 4.78 is 5.90. The van der Waals surface area contributed by atoms with Crippen LogP contribution in [-0.4, -0.2) is 15.6 Å². The molecule has 0 spiro atoms. The number of aromatic amines is 1. The first-order chi connectivity index (χ1) is 7.56. The number of para-hydroxylation sites is 1. The fraction of sp³-hybridized carbons (Fsp3) is 0.308. The van der Waals surface area contributed by atoms with Crippen LogP contribution in [0, 0.1) is 0 Å². The second-order valence-electron chi connectivity index (χ2n) is 4.65. The maximum absolute atomic E-state index is 5.90. The molecule has 0 amide bonds. The van der Waals surface area contributed by atoms with Gasteiger partial charge in [-0.25, -0.2) is 4.98 Å². The Kier molecular flexibility index (Phi) is 2.69. The van der Waals surface area contributed by atoms with E-state index in [4.69, 9.17) is 4.74 Å². The van der Waals surface area contributed by atoms with E-state index in [0.717, 1.165) is 17.1 Å². The molecule has 0 bridgehead atoms. The van der Waals surface area contributed by atoms with Crippen LogP contribution in [0.15, 0.2) is 36.7 Å². The van der Waals surface area contributed by atoms with Gasteiger partial charge in [-0.15, -0.1) is 0 Å². The lowest BCUT2D eigenvalue weighted by Gasteiger charge is -2.22.